The van der Waals surface area contributed by atoms with Crippen molar-refractivity contribution in [3.63, 3.8) is 0 Å². The summed E-state index contributed by atoms with van der Waals surface area (Å²) in [6.07, 6.45) is 69.6. The van der Waals surface area contributed by atoms with Crippen LogP contribution in [0.25, 0.3) is 0 Å². The molecule has 0 aliphatic rings. The van der Waals surface area contributed by atoms with E-state index >= 15 is 0 Å². The number of carbonyl (C=O) groups excluding carboxylic acids is 3. The minimum atomic E-state index is -0.808. The molecule has 1 atom stereocenters. The summed E-state index contributed by atoms with van der Waals surface area (Å²) in [6.45, 7) is 6.42. The number of hydrogen-bond acceptors (Lipinski definition) is 6. The molecule has 65 heavy (non-hydrogen) atoms. The molecule has 0 fully saturated rings. The fourth-order valence-corrected chi connectivity index (χ4v) is 7.02. The topological polar surface area (TPSA) is 78.9 Å². The van der Waals surface area contributed by atoms with E-state index in [0.29, 0.717) is 19.3 Å². The number of hydrogen-bond donors (Lipinski definition) is 0. The highest BCUT2D eigenvalue weighted by Gasteiger charge is 2.19. The molecule has 0 unspecified atom stereocenters. The van der Waals surface area contributed by atoms with Crippen molar-refractivity contribution in [2.45, 2.75) is 245 Å². The van der Waals surface area contributed by atoms with E-state index in [1.54, 1.807) is 0 Å². The average molecular weight is 903 g/mol. The Morgan fingerprint density at radius 1 is 0.323 bits per heavy atom. The van der Waals surface area contributed by atoms with Crippen LogP contribution >= 0.6 is 0 Å². The molecular weight excluding hydrogens is 805 g/mol. The number of ether oxygens (including phenoxy) is 3. The summed E-state index contributed by atoms with van der Waals surface area (Å²) in [5.74, 6) is -0.977. The van der Waals surface area contributed by atoms with Crippen LogP contribution in [0.2, 0.25) is 0 Å². The van der Waals surface area contributed by atoms with Gasteiger partial charge in [-0.3, -0.25) is 14.4 Å². The first-order valence-corrected chi connectivity index (χ1v) is 26.7. The van der Waals surface area contributed by atoms with E-state index in [4.69, 9.17) is 14.2 Å². The number of carbonyl (C=O) groups is 3. The predicted octanol–water partition coefficient (Wildman–Crippen LogP) is 17.8. The Kier molecular flexibility index (Phi) is 50.0. The van der Waals surface area contributed by atoms with Gasteiger partial charge in [-0.15, -0.1) is 0 Å². The number of esters is 3. The van der Waals surface area contributed by atoms with E-state index in [0.717, 1.165) is 122 Å². The molecule has 0 bridgehead atoms. The Balaban J connectivity index is 4.51. The zero-order valence-corrected chi connectivity index (χ0v) is 42.2. The quantitative estimate of drug-likeness (QED) is 0.0262. The third-order valence-electron chi connectivity index (χ3n) is 11.0. The minimum Gasteiger partial charge on any atom is -0.462 e. The first kappa shape index (κ1) is 61.3. The maximum atomic E-state index is 12.8. The molecular formula is C59H98O6. The molecule has 0 amide bonds. The van der Waals surface area contributed by atoms with Gasteiger partial charge in [0.1, 0.15) is 13.2 Å². The largest absolute Gasteiger partial charge is 0.462 e. The van der Waals surface area contributed by atoms with Crippen molar-refractivity contribution in [3.8, 4) is 0 Å². The molecule has 0 spiro atoms. The molecule has 0 aromatic rings. The van der Waals surface area contributed by atoms with Crippen molar-refractivity contribution in [1.29, 1.82) is 0 Å². The molecule has 0 saturated heterocycles. The van der Waals surface area contributed by atoms with Gasteiger partial charge in [0.2, 0.25) is 0 Å². The van der Waals surface area contributed by atoms with Crippen LogP contribution in [0.15, 0.2) is 97.2 Å². The maximum Gasteiger partial charge on any atom is 0.306 e. The van der Waals surface area contributed by atoms with E-state index in [1.807, 2.05) is 0 Å². The molecule has 0 aromatic heterocycles. The second-order valence-corrected chi connectivity index (χ2v) is 17.4. The van der Waals surface area contributed by atoms with Crippen LogP contribution in [-0.4, -0.2) is 37.2 Å². The van der Waals surface area contributed by atoms with Gasteiger partial charge in [-0.2, -0.15) is 0 Å². The van der Waals surface area contributed by atoms with Gasteiger partial charge in [0, 0.05) is 19.3 Å². The normalized spacial score (nSPS) is 12.8. The summed E-state index contributed by atoms with van der Waals surface area (Å²) in [6, 6.07) is 0. The molecule has 0 heterocycles. The lowest BCUT2D eigenvalue weighted by Gasteiger charge is -2.18. The molecule has 0 N–H and O–H groups in total. The highest BCUT2D eigenvalue weighted by Crippen LogP contribution is 2.13. The van der Waals surface area contributed by atoms with Gasteiger partial charge in [0.25, 0.3) is 0 Å². The Labute approximate surface area is 400 Å². The molecule has 0 aliphatic carbocycles. The van der Waals surface area contributed by atoms with Crippen LogP contribution in [0, 0.1) is 0 Å². The molecule has 0 aliphatic heterocycles. The Hall–Kier alpha value is -3.67. The number of unbranched alkanes of at least 4 members (excludes halogenated alkanes) is 20. The fourth-order valence-electron chi connectivity index (χ4n) is 7.02. The van der Waals surface area contributed by atoms with Crippen LogP contribution in [-0.2, 0) is 28.6 Å². The van der Waals surface area contributed by atoms with E-state index in [9.17, 15) is 14.4 Å². The van der Waals surface area contributed by atoms with Crippen LogP contribution < -0.4 is 0 Å². The molecule has 6 nitrogen and oxygen atoms in total. The molecule has 0 rings (SSSR count). The Morgan fingerprint density at radius 2 is 0.600 bits per heavy atom. The standard InChI is InChI=1S/C59H98O6/c1-4-7-10-13-16-19-22-25-28-29-32-34-37-40-43-46-49-52-58(61)64-55-56(65-59(62)53-50-47-44-41-38-35-31-27-24-21-18-15-12-9-6-3)54-63-57(60)51-48-45-42-39-36-33-30-26-23-20-17-14-11-8-5-2/h7,10,16-17,19-20,25-28,30-32,34,36,39,56H,4-6,8-9,11-15,18,21-24,29,33,35,37-38,40-55H2,1-3H3/b10-7-,19-16-,20-17-,28-25-,30-26-,31-27-,34-32-,39-36-/t56-/m0/s1. The van der Waals surface area contributed by atoms with Crippen molar-refractivity contribution in [3.05, 3.63) is 97.2 Å². The average Bonchev–Trinajstić information content (AvgIpc) is 3.30. The van der Waals surface area contributed by atoms with Gasteiger partial charge in [0.15, 0.2) is 6.10 Å². The van der Waals surface area contributed by atoms with Crippen LogP contribution in [0.3, 0.4) is 0 Å². The molecule has 0 radical (unpaired) electrons. The van der Waals surface area contributed by atoms with Crippen LogP contribution in [0.4, 0.5) is 0 Å². The van der Waals surface area contributed by atoms with Crippen molar-refractivity contribution in [2.75, 3.05) is 13.2 Å². The third-order valence-corrected chi connectivity index (χ3v) is 11.0. The van der Waals surface area contributed by atoms with E-state index in [2.05, 4.69) is 118 Å². The summed E-state index contributed by atoms with van der Waals surface area (Å²) in [7, 11) is 0. The Bertz CT molecular complexity index is 1310. The van der Waals surface area contributed by atoms with E-state index in [1.165, 1.54) is 77.0 Å². The van der Waals surface area contributed by atoms with E-state index < -0.39 is 6.10 Å². The van der Waals surface area contributed by atoms with Gasteiger partial charge >= 0.3 is 17.9 Å². The third kappa shape index (κ3) is 51.2. The second-order valence-electron chi connectivity index (χ2n) is 17.4. The molecule has 6 heteroatoms. The van der Waals surface area contributed by atoms with Gasteiger partial charge in [-0.1, -0.05) is 195 Å². The Morgan fingerprint density at radius 3 is 1.02 bits per heavy atom. The zero-order valence-electron chi connectivity index (χ0n) is 42.2. The summed E-state index contributed by atoms with van der Waals surface area (Å²) in [5, 5.41) is 0. The minimum absolute atomic E-state index is 0.107. The van der Waals surface area contributed by atoms with Gasteiger partial charge in [0.05, 0.1) is 0 Å². The van der Waals surface area contributed by atoms with Crippen molar-refractivity contribution >= 4 is 17.9 Å². The first-order chi connectivity index (χ1) is 32.0. The highest BCUT2D eigenvalue weighted by molar-refractivity contribution is 5.71. The molecule has 0 saturated carbocycles. The number of allylic oxidation sites excluding steroid dienone is 16. The van der Waals surface area contributed by atoms with Crippen LogP contribution in [0.5, 0.6) is 0 Å². The van der Waals surface area contributed by atoms with E-state index in [-0.39, 0.29) is 31.1 Å². The predicted molar refractivity (Wildman–Crippen MR) is 279 cm³/mol. The van der Waals surface area contributed by atoms with Gasteiger partial charge in [-0.25, -0.2) is 0 Å². The lowest BCUT2D eigenvalue weighted by molar-refractivity contribution is -0.167. The summed E-state index contributed by atoms with van der Waals surface area (Å²) >= 11 is 0. The van der Waals surface area contributed by atoms with Gasteiger partial charge in [-0.05, 0) is 122 Å². The molecule has 0 aromatic carbocycles. The summed E-state index contributed by atoms with van der Waals surface area (Å²) < 4.78 is 16.8. The van der Waals surface area contributed by atoms with Crippen molar-refractivity contribution in [2.24, 2.45) is 0 Å². The fraction of sp³-hybridized carbons (Fsp3) is 0.678. The summed E-state index contributed by atoms with van der Waals surface area (Å²) in [5.41, 5.74) is 0. The van der Waals surface area contributed by atoms with Gasteiger partial charge < -0.3 is 14.2 Å². The SMILES string of the molecule is CC/C=C\C/C=C\C/C=C\C/C=C\CCCCCCC(=O)OC[C@H](COC(=O)CCCC/C=C\C/C=C\C/C=C\CCCCC)OC(=O)CCCCCCC/C=C\CCCCCCCC. The number of rotatable bonds is 47. The lowest BCUT2D eigenvalue weighted by atomic mass is 10.1. The van der Waals surface area contributed by atoms with Crippen molar-refractivity contribution < 1.29 is 28.6 Å². The van der Waals surface area contributed by atoms with Crippen molar-refractivity contribution in [1.82, 2.24) is 0 Å². The highest BCUT2D eigenvalue weighted by atomic mass is 16.6. The maximum absolute atomic E-state index is 12.8. The zero-order chi connectivity index (χ0) is 47.2. The monoisotopic (exact) mass is 903 g/mol. The summed E-state index contributed by atoms with van der Waals surface area (Å²) in [4.78, 5) is 38.0. The second kappa shape index (κ2) is 52.9. The molecule has 370 valence electrons. The first-order valence-electron chi connectivity index (χ1n) is 26.7. The lowest BCUT2D eigenvalue weighted by Crippen LogP contribution is -2.30. The van der Waals surface area contributed by atoms with Crippen LogP contribution in [0.1, 0.15) is 239 Å². The smallest absolute Gasteiger partial charge is 0.306 e.